The fraction of sp³-hybridized carbons (Fsp3) is 0.500. The molecule has 0 saturated carbocycles. The van der Waals surface area contributed by atoms with Crippen molar-refractivity contribution in [2.24, 2.45) is 0 Å². The summed E-state index contributed by atoms with van der Waals surface area (Å²) < 4.78 is 1.80. The van der Waals surface area contributed by atoms with E-state index in [4.69, 9.17) is 11.5 Å². The molecule has 1 aromatic heterocycles. The molecular weight excluding hydrogens is 308 g/mol. The van der Waals surface area contributed by atoms with Crippen LogP contribution in [0.4, 0.5) is 17.3 Å². The number of benzene rings is 1. The quantitative estimate of drug-likeness (QED) is 0.581. The Bertz CT molecular complexity index is 745. The fourth-order valence-corrected chi connectivity index (χ4v) is 2.34. The first-order valence-corrected chi connectivity index (χ1v) is 7.80. The second kappa shape index (κ2) is 6.56. The van der Waals surface area contributed by atoms with E-state index in [0.717, 1.165) is 5.52 Å². The van der Waals surface area contributed by atoms with Crippen LogP contribution >= 0.6 is 0 Å². The van der Waals surface area contributed by atoms with Crippen molar-refractivity contribution in [3.63, 3.8) is 0 Å². The number of hydrogen-bond donors (Lipinski definition) is 4. The molecule has 0 spiro atoms. The van der Waals surface area contributed by atoms with Gasteiger partial charge in [0.25, 0.3) is 0 Å². The summed E-state index contributed by atoms with van der Waals surface area (Å²) in [6.07, 6.45) is 0.333. The SMILES string of the molecule is CN(C)C(=O)CCn1c(N)nc2cc(N)c(NCC(C)(C)O)cc21. The molecule has 1 heterocycles. The van der Waals surface area contributed by atoms with Gasteiger partial charge in [0.2, 0.25) is 11.9 Å². The summed E-state index contributed by atoms with van der Waals surface area (Å²) in [6.45, 7) is 4.22. The van der Waals surface area contributed by atoms with Gasteiger partial charge in [0.1, 0.15) is 0 Å². The second-order valence-electron chi connectivity index (χ2n) is 6.75. The third kappa shape index (κ3) is 4.08. The first-order chi connectivity index (χ1) is 11.1. The molecule has 8 heteroatoms. The Kier molecular flexibility index (Phi) is 4.88. The average Bonchev–Trinajstić information content (AvgIpc) is 2.75. The van der Waals surface area contributed by atoms with Crippen molar-refractivity contribution in [3.8, 4) is 0 Å². The lowest BCUT2D eigenvalue weighted by atomic mass is 10.1. The Morgan fingerprint density at radius 2 is 2.04 bits per heavy atom. The van der Waals surface area contributed by atoms with Gasteiger partial charge in [0.05, 0.1) is 28.0 Å². The second-order valence-corrected chi connectivity index (χ2v) is 6.75. The van der Waals surface area contributed by atoms with E-state index in [1.165, 1.54) is 0 Å². The Hall–Kier alpha value is -2.48. The van der Waals surface area contributed by atoms with Gasteiger partial charge in [0, 0.05) is 33.6 Å². The molecule has 0 saturated heterocycles. The molecule has 0 aliphatic rings. The maximum absolute atomic E-state index is 11.8. The first kappa shape index (κ1) is 17.9. The molecule has 2 aromatic rings. The number of aromatic nitrogens is 2. The number of hydrogen-bond acceptors (Lipinski definition) is 6. The van der Waals surface area contributed by atoms with Crippen LogP contribution in [0.15, 0.2) is 12.1 Å². The van der Waals surface area contributed by atoms with Gasteiger partial charge >= 0.3 is 0 Å². The molecule has 1 amide bonds. The summed E-state index contributed by atoms with van der Waals surface area (Å²) in [7, 11) is 3.44. The minimum atomic E-state index is -0.862. The zero-order valence-electron chi connectivity index (χ0n) is 14.6. The van der Waals surface area contributed by atoms with Gasteiger partial charge in [-0.25, -0.2) is 4.98 Å². The van der Waals surface area contributed by atoms with E-state index < -0.39 is 5.60 Å². The van der Waals surface area contributed by atoms with Crippen molar-refractivity contribution in [1.29, 1.82) is 0 Å². The number of anilines is 3. The first-order valence-electron chi connectivity index (χ1n) is 7.80. The minimum Gasteiger partial charge on any atom is -0.397 e. The van der Waals surface area contributed by atoms with Crippen LogP contribution in [-0.4, -0.2) is 51.7 Å². The van der Waals surface area contributed by atoms with Crippen molar-refractivity contribution >= 4 is 34.3 Å². The summed E-state index contributed by atoms with van der Waals surface area (Å²) in [5.74, 6) is 0.364. The number of fused-ring (bicyclic) bond motifs is 1. The van der Waals surface area contributed by atoms with E-state index in [2.05, 4.69) is 10.3 Å². The largest absolute Gasteiger partial charge is 0.397 e. The third-order valence-electron chi connectivity index (χ3n) is 3.71. The van der Waals surface area contributed by atoms with Crippen LogP contribution < -0.4 is 16.8 Å². The highest BCUT2D eigenvalue weighted by Crippen LogP contribution is 2.28. The summed E-state index contributed by atoms with van der Waals surface area (Å²) >= 11 is 0. The molecule has 132 valence electrons. The van der Waals surface area contributed by atoms with Crippen LogP contribution in [0.25, 0.3) is 11.0 Å². The lowest BCUT2D eigenvalue weighted by Gasteiger charge is -2.19. The van der Waals surface area contributed by atoms with Crippen molar-refractivity contribution in [2.45, 2.75) is 32.4 Å². The van der Waals surface area contributed by atoms with Crippen molar-refractivity contribution < 1.29 is 9.90 Å². The maximum atomic E-state index is 11.8. The molecule has 8 nitrogen and oxygen atoms in total. The van der Waals surface area contributed by atoms with Crippen LogP contribution in [0, 0.1) is 0 Å². The van der Waals surface area contributed by atoms with Gasteiger partial charge in [-0.2, -0.15) is 0 Å². The van der Waals surface area contributed by atoms with Gasteiger partial charge in [-0.05, 0) is 26.0 Å². The zero-order valence-corrected chi connectivity index (χ0v) is 14.6. The van der Waals surface area contributed by atoms with E-state index in [1.807, 2.05) is 6.07 Å². The number of nitrogen functional groups attached to an aromatic ring is 2. The predicted octanol–water partition coefficient (Wildman–Crippen LogP) is 0.862. The maximum Gasteiger partial charge on any atom is 0.223 e. The molecule has 6 N–H and O–H groups in total. The topological polar surface area (TPSA) is 122 Å². The molecule has 2 rings (SSSR count). The van der Waals surface area contributed by atoms with Gasteiger partial charge in [-0.15, -0.1) is 0 Å². The van der Waals surface area contributed by atoms with Crippen molar-refractivity contribution in [3.05, 3.63) is 12.1 Å². The van der Waals surface area contributed by atoms with Crippen LogP contribution in [0.1, 0.15) is 20.3 Å². The molecular formula is C16H26N6O2. The minimum absolute atomic E-state index is 0.0204. The van der Waals surface area contributed by atoms with Gasteiger partial charge < -0.3 is 31.4 Å². The monoisotopic (exact) mass is 334 g/mol. The summed E-state index contributed by atoms with van der Waals surface area (Å²) in [5.41, 5.74) is 13.9. The highest BCUT2D eigenvalue weighted by molar-refractivity contribution is 5.88. The van der Waals surface area contributed by atoms with Gasteiger partial charge in [-0.1, -0.05) is 0 Å². The Morgan fingerprint density at radius 3 is 2.62 bits per heavy atom. The van der Waals surface area contributed by atoms with Crippen LogP contribution in [0.2, 0.25) is 0 Å². The molecule has 0 radical (unpaired) electrons. The van der Waals surface area contributed by atoms with E-state index in [1.54, 1.807) is 43.5 Å². The molecule has 0 atom stereocenters. The van der Waals surface area contributed by atoms with Gasteiger partial charge in [-0.3, -0.25) is 4.79 Å². The normalized spacial score (nSPS) is 11.7. The fourth-order valence-electron chi connectivity index (χ4n) is 2.34. The summed E-state index contributed by atoms with van der Waals surface area (Å²) in [4.78, 5) is 17.7. The number of carbonyl (C=O) groups excluding carboxylic acids is 1. The third-order valence-corrected chi connectivity index (χ3v) is 3.71. The number of amides is 1. The number of nitrogens with two attached hydrogens (primary N) is 2. The number of carbonyl (C=O) groups is 1. The number of rotatable bonds is 6. The Balaban J connectivity index is 2.31. The molecule has 0 unspecified atom stereocenters. The number of nitrogens with one attached hydrogen (secondary N) is 1. The standard InChI is InChI=1S/C16H26N6O2/c1-16(2,24)9-19-11-8-13-12(7-10(11)17)20-15(18)22(13)6-5-14(23)21(3)4/h7-8,19,24H,5-6,9,17H2,1-4H3,(H2,18,20). The predicted molar refractivity (Wildman–Crippen MR) is 96.7 cm³/mol. The Morgan fingerprint density at radius 1 is 1.38 bits per heavy atom. The molecule has 1 aromatic carbocycles. The van der Waals surface area contributed by atoms with Crippen LogP contribution in [0.3, 0.4) is 0 Å². The van der Waals surface area contributed by atoms with Gasteiger partial charge in [0.15, 0.2) is 0 Å². The lowest BCUT2D eigenvalue weighted by Crippen LogP contribution is -2.29. The van der Waals surface area contributed by atoms with Crippen LogP contribution in [-0.2, 0) is 11.3 Å². The number of aryl methyl sites for hydroxylation is 1. The van der Waals surface area contributed by atoms with Crippen molar-refractivity contribution in [1.82, 2.24) is 14.5 Å². The average molecular weight is 334 g/mol. The Labute approximate surface area is 141 Å². The molecule has 0 fully saturated rings. The van der Waals surface area contributed by atoms with E-state index in [9.17, 15) is 9.90 Å². The summed E-state index contributed by atoms with van der Waals surface area (Å²) in [6, 6.07) is 3.59. The van der Waals surface area contributed by atoms with Crippen LogP contribution in [0.5, 0.6) is 0 Å². The van der Waals surface area contributed by atoms with Crippen molar-refractivity contribution in [2.75, 3.05) is 37.4 Å². The summed E-state index contributed by atoms with van der Waals surface area (Å²) in [5, 5.41) is 13.0. The number of imidazole rings is 1. The number of nitrogens with zero attached hydrogens (tertiary/aromatic N) is 3. The van der Waals surface area contributed by atoms with E-state index in [-0.39, 0.29) is 5.91 Å². The highest BCUT2D eigenvalue weighted by Gasteiger charge is 2.16. The van der Waals surface area contributed by atoms with E-state index in [0.29, 0.717) is 42.4 Å². The molecule has 0 aliphatic carbocycles. The number of aliphatic hydroxyl groups is 1. The lowest BCUT2D eigenvalue weighted by molar-refractivity contribution is -0.128. The van der Waals surface area contributed by atoms with E-state index >= 15 is 0 Å². The molecule has 0 aliphatic heterocycles. The molecule has 0 bridgehead atoms. The smallest absolute Gasteiger partial charge is 0.223 e. The zero-order chi connectivity index (χ0) is 18.1. The highest BCUT2D eigenvalue weighted by atomic mass is 16.3. The molecule has 24 heavy (non-hydrogen) atoms.